The number of carbonyl (C=O) groups excluding carboxylic acids is 1. The number of pyridine rings is 1. The molecule has 29 heavy (non-hydrogen) atoms. The van der Waals surface area contributed by atoms with Crippen LogP contribution in [-0.4, -0.2) is 74.0 Å². The molecule has 2 fully saturated rings. The largest absolute Gasteiger partial charge is 0.338 e. The summed E-state index contributed by atoms with van der Waals surface area (Å²) >= 11 is 2.05. The zero-order chi connectivity index (χ0) is 19.6. The molecule has 0 bridgehead atoms. The summed E-state index contributed by atoms with van der Waals surface area (Å²) in [5, 5.41) is 0. The van der Waals surface area contributed by atoms with E-state index in [9.17, 15) is 4.79 Å². The molecular weight excluding hydrogens is 382 g/mol. The minimum absolute atomic E-state index is 0.0707. The lowest BCUT2D eigenvalue weighted by atomic mass is 10.0. The Morgan fingerprint density at radius 3 is 2.52 bits per heavy atom. The molecule has 0 N–H and O–H groups in total. The lowest BCUT2D eigenvalue weighted by Gasteiger charge is -2.40. The average Bonchev–Trinajstić information content (AvgIpc) is 3.23. The van der Waals surface area contributed by atoms with Gasteiger partial charge in [-0.15, -0.1) is 0 Å². The minimum Gasteiger partial charge on any atom is -0.338 e. The summed E-state index contributed by atoms with van der Waals surface area (Å²) in [6.07, 6.45) is 5.59. The van der Waals surface area contributed by atoms with Gasteiger partial charge in [0.15, 0.2) is 5.65 Å². The van der Waals surface area contributed by atoms with Gasteiger partial charge in [-0.3, -0.25) is 14.3 Å². The number of fused-ring (bicyclic) bond motifs is 1. The van der Waals surface area contributed by atoms with E-state index in [2.05, 4.69) is 14.9 Å². The number of rotatable bonds is 3. The van der Waals surface area contributed by atoms with Gasteiger partial charge in [0.05, 0.1) is 5.56 Å². The highest BCUT2D eigenvalue weighted by Crippen LogP contribution is 2.23. The SMILES string of the molecule is O=C(c1cnc2c(c1)ncn2-c1ccccc1)N1CCC(N2CCSCC2)CC1. The number of benzene rings is 1. The first-order chi connectivity index (χ1) is 14.3. The maximum atomic E-state index is 13.0. The van der Waals surface area contributed by atoms with E-state index in [0.29, 0.717) is 11.6 Å². The average molecular weight is 408 g/mol. The Kier molecular flexibility index (Phi) is 5.24. The molecule has 0 spiro atoms. The summed E-state index contributed by atoms with van der Waals surface area (Å²) in [7, 11) is 0. The lowest BCUT2D eigenvalue weighted by Crippen LogP contribution is -2.49. The summed E-state index contributed by atoms with van der Waals surface area (Å²) in [5.74, 6) is 2.54. The van der Waals surface area contributed by atoms with Crippen molar-refractivity contribution in [2.24, 2.45) is 0 Å². The molecule has 2 aliphatic rings. The third-order valence-electron chi connectivity index (χ3n) is 5.98. The Hall–Kier alpha value is -2.38. The van der Waals surface area contributed by atoms with Crippen molar-refractivity contribution < 1.29 is 4.79 Å². The molecule has 6 nitrogen and oxygen atoms in total. The van der Waals surface area contributed by atoms with Crippen LogP contribution in [0.1, 0.15) is 23.2 Å². The third kappa shape index (κ3) is 3.76. The van der Waals surface area contributed by atoms with Crippen molar-refractivity contribution in [3.63, 3.8) is 0 Å². The first-order valence-corrected chi connectivity index (χ1v) is 11.4. The van der Waals surface area contributed by atoms with Crippen molar-refractivity contribution in [3.05, 3.63) is 54.5 Å². The van der Waals surface area contributed by atoms with Crippen LogP contribution in [0.2, 0.25) is 0 Å². The number of thioether (sulfide) groups is 1. The summed E-state index contributed by atoms with van der Waals surface area (Å²) in [6.45, 7) is 4.02. The van der Waals surface area contributed by atoms with Crippen LogP contribution in [0.5, 0.6) is 0 Å². The van der Waals surface area contributed by atoms with Crippen LogP contribution in [0.15, 0.2) is 48.9 Å². The van der Waals surface area contributed by atoms with Crippen molar-refractivity contribution in [1.29, 1.82) is 0 Å². The van der Waals surface area contributed by atoms with Crippen LogP contribution < -0.4 is 0 Å². The van der Waals surface area contributed by atoms with Gasteiger partial charge in [-0.25, -0.2) is 9.97 Å². The summed E-state index contributed by atoms with van der Waals surface area (Å²) < 4.78 is 1.95. The third-order valence-corrected chi connectivity index (χ3v) is 6.93. The van der Waals surface area contributed by atoms with Gasteiger partial charge in [-0.2, -0.15) is 11.8 Å². The standard InChI is InChI=1S/C22H25N5OS/c28-22(26-8-6-18(7-9-26)25-10-12-29-13-11-25)17-14-20-21(23-15-17)27(16-24-20)19-4-2-1-3-5-19/h1-5,14-16,18H,6-13H2. The molecule has 2 saturated heterocycles. The Morgan fingerprint density at radius 1 is 1.00 bits per heavy atom. The predicted octanol–water partition coefficient (Wildman–Crippen LogP) is 3.07. The van der Waals surface area contributed by atoms with E-state index in [-0.39, 0.29) is 5.91 Å². The van der Waals surface area contributed by atoms with Crippen LogP contribution in [0.25, 0.3) is 16.9 Å². The molecule has 2 aromatic heterocycles. The number of piperidine rings is 1. The van der Waals surface area contributed by atoms with E-state index < -0.39 is 0 Å². The van der Waals surface area contributed by atoms with Crippen molar-refractivity contribution in [1.82, 2.24) is 24.3 Å². The summed E-state index contributed by atoms with van der Waals surface area (Å²) in [4.78, 5) is 26.7. The first-order valence-electron chi connectivity index (χ1n) is 10.3. The maximum absolute atomic E-state index is 13.0. The number of hydrogen-bond donors (Lipinski definition) is 0. The molecule has 3 aromatic rings. The van der Waals surface area contributed by atoms with E-state index in [1.54, 1.807) is 12.5 Å². The molecule has 0 aliphatic carbocycles. The Labute approximate surface area is 174 Å². The molecular formula is C22H25N5OS. The number of nitrogens with zero attached hydrogens (tertiary/aromatic N) is 5. The second kappa shape index (κ2) is 8.16. The van der Waals surface area contributed by atoms with Gasteiger partial charge in [0.25, 0.3) is 5.91 Å². The zero-order valence-corrected chi connectivity index (χ0v) is 17.2. The number of amides is 1. The van der Waals surface area contributed by atoms with E-state index in [4.69, 9.17) is 0 Å². The molecule has 4 heterocycles. The normalized spacial score (nSPS) is 19.0. The number of carbonyl (C=O) groups is 1. The number of hydrogen-bond acceptors (Lipinski definition) is 5. The van der Waals surface area contributed by atoms with E-state index in [1.807, 2.05) is 57.6 Å². The van der Waals surface area contributed by atoms with Crippen LogP contribution in [0.4, 0.5) is 0 Å². The van der Waals surface area contributed by atoms with Crippen molar-refractivity contribution >= 4 is 28.8 Å². The smallest absolute Gasteiger partial charge is 0.255 e. The highest BCUT2D eigenvalue weighted by atomic mass is 32.2. The lowest BCUT2D eigenvalue weighted by molar-refractivity contribution is 0.0630. The topological polar surface area (TPSA) is 54.3 Å². The monoisotopic (exact) mass is 407 g/mol. The second-order valence-corrected chi connectivity index (χ2v) is 8.91. The second-order valence-electron chi connectivity index (χ2n) is 7.69. The fourth-order valence-electron chi connectivity index (χ4n) is 4.35. The van der Waals surface area contributed by atoms with Gasteiger partial charge in [-0.05, 0) is 31.0 Å². The maximum Gasteiger partial charge on any atom is 0.255 e. The highest BCUT2D eigenvalue weighted by molar-refractivity contribution is 7.99. The molecule has 0 unspecified atom stereocenters. The number of aromatic nitrogens is 3. The first kappa shape index (κ1) is 18.6. The molecule has 1 amide bonds. The Morgan fingerprint density at radius 2 is 1.76 bits per heavy atom. The van der Waals surface area contributed by atoms with Crippen molar-refractivity contribution in [2.75, 3.05) is 37.7 Å². The molecule has 1 aromatic carbocycles. The minimum atomic E-state index is 0.0707. The van der Waals surface area contributed by atoms with Crippen molar-refractivity contribution in [3.8, 4) is 5.69 Å². The van der Waals surface area contributed by atoms with Gasteiger partial charge >= 0.3 is 0 Å². The Bertz CT molecular complexity index is 991. The van der Waals surface area contributed by atoms with Gasteiger partial charge in [0.2, 0.25) is 0 Å². The van der Waals surface area contributed by atoms with E-state index in [1.165, 1.54) is 24.6 Å². The number of para-hydroxylation sites is 1. The van der Waals surface area contributed by atoms with E-state index >= 15 is 0 Å². The molecule has 5 rings (SSSR count). The molecule has 0 radical (unpaired) electrons. The van der Waals surface area contributed by atoms with E-state index in [0.717, 1.165) is 42.8 Å². The van der Waals surface area contributed by atoms with Gasteiger partial charge in [-0.1, -0.05) is 18.2 Å². The molecule has 7 heteroatoms. The van der Waals surface area contributed by atoms with Gasteiger partial charge < -0.3 is 4.90 Å². The summed E-state index contributed by atoms with van der Waals surface area (Å²) in [5.41, 5.74) is 3.17. The van der Waals surface area contributed by atoms with Crippen LogP contribution in [-0.2, 0) is 0 Å². The van der Waals surface area contributed by atoms with Crippen LogP contribution >= 0.6 is 11.8 Å². The number of imidazole rings is 1. The van der Waals surface area contributed by atoms with Crippen LogP contribution in [0, 0.1) is 0 Å². The van der Waals surface area contributed by atoms with Crippen molar-refractivity contribution in [2.45, 2.75) is 18.9 Å². The van der Waals surface area contributed by atoms with Crippen LogP contribution in [0.3, 0.4) is 0 Å². The Balaban J connectivity index is 1.29. The zero-order valence-electron chi connectivity index (χ0n) is 16.4. The quantitative estimate of drug-likeness (QED) is 0.668. The van der Waals surface area contributed by atoms with Gasteiger partial charge in [0, 0.05) is 55.6 Å². The predicted molar refractivity (Wildman–Crippen MR) is 117 cm³/mol. The highest BCUT2D eigenvalue weighted by Gasteiger charge is 2.28. The fourth-order valence-corrected chi connectivity index (χ4v) is 5.29. The molecule has 0 atom stereocenters. The molecule has 2 aliphatic heterocycles. The molecule has 0 saturated carbocycles. The summed E-state index contributed by atoms with van der Waals surface area (Å²) in [6, 6.07) is 12.5. The van der Waals surface area contributed by atoms with Gasteiger partial charge in [0.1, 0.15) is 11.8 Å². The number of likely N-dealkylation sites (tertiary alicyclic amines) is 1. The fraction of sp³-hybridized carbons (Fsp3) is 0.409. The molecule has 150 valence electrons.